The number of benzene rings is 6. The summed E-state index contributed by atoms with van der Waals surface area (Å²) in [7, 11) is -3.20. The van der Waals surface area contributed by atoms with Crippen LogP contribution in [0.4, 0.5) is 70.2 Å². The van der Waals surface area contributed by atoms with Gasteiger partial charge in [0.15, 0.2) is 69.8 Å². The third-order valence-corrected chi connectivity index (χ3v) is 8.24. The molecule has 0 heterocycles. The van der Waals surface area contributed by atoms with E-state index in [9.17, 15) is 43.9 Å². The minimum atomic E-state index is -5.34. The molecule has 0 bridgehead atoms. The van der Waals surface area contributed by atoms with Gasteiger partial charge in [-0.05, 0) is 42.5 Å². The topological polar surface area (TPSA) is 18.5 Å². The van der Waals surface area contributed by atoms with E-state index in [1.807, 2.05) is 0 Å². The SMILES string of the molecule is Fc1cc2c(OB(Oc3ccc(F)c4c(F)c(F)ccc34)c3c(F)c(F)c(F)c4c3C(F)(F)c3c(F)c(F)c(F)c(F)c3-4)ccc(F)c2c(F)c1F. The Morgan fingerprint density at radius 2 is 0.885 bits per heavy atom. The van der Waals surface area contributed by atoms with Crippen molar-refractivity contribution in [1.82, 2.24) is 0 Å². The van der Waals surface area contributed by atoms with Crippen LogP contribution in [0, 0.1) is 81.4 Å². The first-order valence-corrected chi connectivity index (χ1v) is 14.0. The summed E-state index contributed by atoms with van der Waals surface area (Å²) >= 11 is 0. The zero-order valence-corrected chi connectivity index (χ0v) is 24.5. The third-order valence-electron chi connectivity index (χ3n) is 8.24. The summed E-state index contributed by atoms with van der Waals surface area (Å²) in [6, 6.07) is 2.80. The molecule has 52 heavy (non-hydrogen) atoms. The molecule has 0 aliphatic heterocycles. The van der Waals surface area contributed by atoms with E-state index >= 15 is 26.3 Å². The molecule has 0 saturated carbocycles. The summed E-state index contributed by atoms with van der Waals surface area (Å²) in [5.74, 6) is -39.8. The molecule has 2 nitrogen and oxygen atoms in total. The number of rotatable bonds is 5. The number of fused-ring (bicyclic) bond motifs is 5. The minimum Gasteiger partial charge on any atom is -0.521 e. The Morgan fingerprint density at radius 1 is 0.404 bits per heavy atom. The second-order valence-corrected chi connectivity index (χ2v) is 11.0. The maximum Gasteiger partial charge on any atom is 0.636 e. The Balaban J connectivity index is 1.57. The fourth-order valence-corrected chi connectivity index (χ4v) is 5.98. The molecule has 266 valence electrons. The zero-order valence-electron chi connectivity index (χ0n) is 24.5. The van der Waals surface area contributed by atoms with Gasteiger partial charge in [-0.1, -0.05) is 0 Å². The first-order valence-electron chi connectivity index (χ1n) is 14.0. The van der Waals surface area contributed by atoms with Gasteiger partial charge in [-0.25, -0.2) is 61.5 Å². The lowest BCUT2D eigenvalue weighted by Gasteiger charge is -2.24. The number of hydrogen-bond donors (Lipinski definition) is 0. The van der Waals surface area contributed by atoms with Gasteiger partial charge in [-0.3, -0.25) is 0 Å². The van der Waals surface area contributed by atoms with Crippen molar-refractivity contribution in [3.05, 3.63) is 135 Å². The molecule has 1 aliphatic carbocycles. The van der Waals surface area contributed by atoms with Crippen LogP contribution in [0.3, 0.4) is 0 Å². The minimum absolute atomic E-state index is 0.0848. The normalized spacial score (nSPS) is 13.2. The lowest BCUT2D eigenvalue weighted by atomic mass is 9.72. The van der Waals surface area contributed by atoms with E-state index < -0.39 is 155 Å². The van der Waals surface area contributed by atoms with Gasteiger partial charge in [0.2, 0.25) is 0 Å². The quantitative estimate of drug-likeness (QED) is 0.0757. The standard InChI is InChI=1S/C33H7BF16O2/c35-10-3-5-14(8-1-2-12(37)23(39)16(8)10)51-34(52-15-6-4-11(36)17-9(15)7-13(38)24(40)25(17)41)22-20-18(26(42)30(46)29(22)45)19-21(33(20,49)50)28(44)32(48)31(47)27(19)43/h1-7H. The predicted molar refractivity (Wildman–Crippen MR) is 149 cm³/mol. The van der Waals surface area contributed by atoms with Crippen molar-refractivity contribution in [3.63, 3.8) is 0 Å². The van der Waals surface area contributed by atoms with Gasteiger partial charge in [-0.15, -0.1) is 0 Å². The summed E-state index contributed by atoms with van der Waals surface area (Å²) < 4.78 is 249. The second-order valence-electron chi connectivity index (χ2n) is 11.0. The smallest absolute Gasteiger partial charge is 0.521 e. The molecule has 7 rings (SSSR count). The van der Waals surface area contributed by atoms with E-state index in [0.29, 0.717) is 36.4 Å². The van der Waals surface area contributed by atoms with E-state index in [1.165, 1.54) is 0 Å². The van der Waals surface area contributed by atoms with E-state index in [2.05, 4.69) is 0 Å². The molecule has 6 aromatic rings. The Morgan fingerprint density at radius 3 is 1.48 bits per heavy atom. The maximum absolute atomic E-state index is 16.1. The fourth-order valence-electron chi connectivity index (χ4n) is 5.98. The highest BCUT2D eigenvalue weighted by Crippen LogP contribution is 2.55. The average Bonchev–Trinajstić information content (AvgIpc) is 3.34. The molecule has 0 saturated heterocycles. The van der Waals surface area contributed by atoms with Crippen LogP contribution in [0.15, 0.2) is 42.5 Å². The largest absolute Gasteiger partial charge is 0.636 e. The van der Waals surface area contributed by atoms with Gasteiger partial charge < -0.3 is 9.31 Å². The monoisotopic (exact) mass is 750 g/mol. The van der Waals surface area contributed by atoms with Crippen LogP contribution in [0.2, 0.25) is 0 Å². The molecule has 0 spiro atoms. The van der Waals surface area contributed by atoms with E-state index in [-0.39, 0.29) is 6.07 Å². The van der Waals surface area contributed by atoms with Gasteiger partial charge >= 0.3 is 13.0 Å². The molecule has 6 aromatic carbocycles. The highest BCUT2D eigenvalue weighted by molar-refractivity contribution is 6.64. The number of halogens is 16. The molecule has 0 atom stereocenters. The van der Waals surface area contributed by atoms with Gasteiger partial charge in [0.25, 0.3) is 0 Å². The van der Waals surface area contributed by atoms with E-state index in [1.54, 1.807) is 0 Å². The van der Waals surface area contributed by atoms with Gasteiger partial charge in [0, 0.05) is 27.5 Å². The fraction of sp³-hybridized carbons (Fsp3) is 0.0303. The van der Waals surface area contributed by atoms with Crippen molar-refractivity contribution in [2.45, 2.75) is 5.92 Å². The van der Waals surface area contributed by atoms with Crippen LogP contribution in [-0.4, -0.2) is 7.12 Å². The molecule has 0 N–H and O–H groups in total. The van der Waals surface area contributed by atoms with E-state index in [0.717, 1.165) is 0 Å². The molecule has 0 unspecified atom stereocenters. The molecular weight excluding hydrogens is 743 g/mol. The lowest BCUT2D eigenvalue weighted by Crippen LogP contribution is -2.49. The summed E-state index contributed by atoms with van der Waals surface area (Å²) in [6.45, 7) is 0. The van der Waals surface area contributed by atoms with Gasteiger partial charge in [0.05, 0.1) is 21.8 Å². The molecule has 0 amide bonds. The second kappa shape index (κ2) is 11.7. The zero-order chi connectivity index (χ0) is 37.9. The van der Waals surface area contributed by atoms with Crippen LogP contribution in [0.5, 0.6) is 11.5 Å². The first kappa shape index (κ1) is 34.8. The van der Waals surface area contributed by atoms with Crippen LogP contribution in [-0.2, 0) is 5.92 Å². The number of alkyl halides is 2. The van der Waals surface area contributed by atoms with Crippen LogP contribution in [0.25, 0.3) is 32.7 Å². The number of hydrogen-bond acceptors (Lipinski definition) is 2. The third kappa shape index (κ3) is 4.70. The molecule has 19 heteroatoms. The molecule has 0 aromatic heterocycles. The van der Waals surface area contributed by atoms with Crippen molar-refractivity contribution in [1.29, 1.82) is 0 Å². The molecule has 0 fully saturated rings. The maximum atomic E-state index is 16.1. The molecule has 0 radical (unpaired) electrons. The summed E-state index contributed by atoms with van der Waals surface area (Å²) in [5.41, 5.74) is -11.1. The van der Waals surface area contributed by atoms with Crippen LogP contribution >= 0.6 is 0 Å². The first-order chi connectivity index (χ1) is 24.4. The Bertz CT molecular complexity index is 2570. The summed E-state index contributed by atoms with van der Waals surface area (Å²) in [4.78, 5) is 0. The van der Waals surface area contributed by atoms with Gasteiger partial charge in [0.1, 0.15) is 23.1 Å². The highest BCUT2D eigenvalue weighted by Gasteiger charge is 2.57. The van der Waals surface area contributed by atoms with Crippen molar-refractivity contribution in [3.8, 4) is 22.6 Å². The van der Waals surface area contributed by atoms with Crippen LogP contribution in [0.1, 0.15) is 11.1 Å². The molecule has 1 aliphatic rings. The summed E-state index contributed by atoms with van der Waals surface area (Å²) in [6.07, 6.45) is 0. The van der Waals surface area contributed by atoms with Gasteiger partial charge in [-0.2, -0.15) is 8.78 Å². The van der Waals surface area contributed by atoms with Crippen molar-refractivity contribution in [2.75, 3.05) is 0 Å². The van der Waals surface area contributed by atoms with Crippen molar-refractivity contribution < 1.29 is 79.6 Å². The summed E-state index contributed by atoms with van der Waals surface area (Å²) in [5, 5.41) is -4.49. The predicted octanol–water partition coefficient (Wildman–Crippen LogP) is 9.91. The lowest BCUT2D eigenvalue weighted by molar-refractivity contribution is 0.0433. The molecular formula is C33H7BF16O2. The van der Waals surface area contributed by atoms with Crippen molar-refractivity contribution >= 4 is 34.1 Å². The van der Waals surface area contributed by atoms with E-state index in [4.69, 9.17) is 9.31 Å². The van der Waals surface area contributed by atoms with Crippen molar-refractivity contribution in [2.24, 2.45) is 0 Å². The Kier molecular flexibility index (Phi) is 7.84. The highest BCUT2D eigenvalue weighted by atomic mass is 19.3. The van der Waals surface area contributed by atoms with Crippen LogP contribution < -0.4 is 14.8 Å². The Hall–Kier alpha value is -5.62. The Labute approximate surface area is 277 Å². The average molecular weight is 750 g/mol.